The van der Waals surface area contributed by atoms with Crippen molar-refractivity contribution in [3.63, 3.8) is 0 Å². The minimum Gasteiger partial charge on any atom is -0.434 e. The summed E-state index contributed by atoms with van der Waals surface area (Å²) in [6, 6.07) is 4.42. The molecule has 19 heavy (non-hydrogen) atoms. The van der Waals surface area contributed by atoms with Gasteiger partial charge < -0.3 is 10.5 Å². The third-order valence-electron chi connectivity index (χ3n) is 2.37. The maximum absolute atomic E-state index is 12.3. The Bertz CT molecular complexity index is 561. The van der Waals surface area contributed by atoms with E-state index in [9.17, 15) is 8.78 Å². The maximum Gasteiger partial charge on any atom is 0.387 e. The van der Waals surface area contributed by atoms with Gasteiger partial charge in [-0.3, -0.25) is 0 Å². The number of hydrogen-bond acceptors (Lipinski definition) is 4. The predicted octanol–water partition coefficient (Wildman–Crippen LogP) is 2.04. The third kappa shape index (κ3) is 3.62. The molecule has 0 saturated heterocycles. The summed E-state index contributed by atoms with van der Waals surface area (Å²) in [6.07, 6.45) is 1.63. The lowest BCUT2D eigenvalue weighted by Crippen LogP contribution is -2.07. The van der Waals surface area contributed by atoms with Gasteiger partial charge in [0.05, 0.1) is 18.4 Å². The van der Waals surface area contributed by atoms with Crippen LogP contribution in [0.15, 0.2) is 24.4 Å². The third-order valence-corrected chi connectivity index (χ3v) is 2.60. The molecule has 0 spiro atoms. The second kappa shape index (κ2) is 5.94. The first-order chi connectivity index (χ1) is 9.08. The highest BCUT2D eigenvalue weighted by Gasteiger charge is 2.11. The molecular formula is C11H11ClF2N4O. The quantitative estimate of drug-likeness (QED) is 0.914. The topological polar surface area (TPSA) is 66.0 Å². The molecule has 0 aliphatic carbocycles. The van der Waals surface area contributed by atoms with E-state index in [2.05, 4.69) is 15.0 Å². The molecule has 102 valence electrons. The lowest BCUT2D eigenvalue weighted by atomic mass is 10.2. The van der Waals surface area contributed by atoms with Crippen LogP contribution in [0.5, 0.6) is 5.75 Å². The standard InChI is InChI=1S/C11H11ClF2N4O/c12-8-1-2-10(19-11(13)14)7(3-8)5-18-6-9(4-15)16-17-18/h1-3,6,11H,4-5,15H2. The van der Waals surface area contributed by atoms with Gasteiger partial charge in [-0.25, -0.2) is 4.68 Å². The van der Waals surface area contributed by atoms with Gasteiger partial charge in [0.1, 0.15) is 5.75 Å². The second-order valence-corrected chi connectivity index (χ2v) is 4.18. The molecule has 0 atom stereocenters. The highest BCUT2D eigenvalue weighted by atomic mass is 35.5. The Morgan fingerprint density at radius 2 is 2.21 bits per heavy atom. The predicted molar refractivity (Wildman–Crippen MR) is 65.1 cm³/mol. The van der Waals surface area contributed by atoms with E-state index < -0.39 is 6.61 Å². The fraction of sp³-hybridized carbons (Fsp3) is 0.273. The van der Waals surface area contributed by atoms with Gasteiger partial charge in [0.15, 0.2) is 0 Å². The highest BCUT2D eigenvalue weighted by molar-refractivity contribution is 6.30. The Hall–Kier alpha value is -1.73. The molecule has 0 saturated carbocycles. The number of halogens is 3. The first kappa shape index (κ1) is 13.7. The molecule has 2 aromatic rings. The minimum absolute atomic E-state index is 0.0594. The number of aromatic nitrogens is 3. The van der Waals surface area contributed by atoms with Crippen LogP contribution >= 0.6 is 11.6 Å². The molecule has 5 nitrogen and oxygen atoms in total. The fourth-order valence-electron chi connectivity index (χ4n) is 1.57. The summed E-state index contributed by atoms with van der Waals surface area (Å²) < 4.78 is 30.5. The molecule has 0 aliphatic rings. The van der Waals surface area contributed by atoms with E-state index in [1.165, 1.54) is 16.8 Å². The van der Waals surface area contributed by atoms with Crippen molar-refractivity contribution in [3.05, 3.63) is 40.7 Å². The number of benzene rings is 1. The van der Waals surface area contributed by atoms with E-state index in [0.717, 1.165) is 0 Å². The van der Waals surface area contributed by atoms with Crippen molar-refractivity contribution in [2.24, 2.45) is 5.73 Å². The smallest absolute Gasteiger partial charge is 0.387 e. The van der Waals surface area contributed by atoms with Crippen LogP contribution in [0.3, 0.4) is 0 Å². The molecule has 0 amide bonds. The molecule has 0 fully saturated rings. The molecule has 0 aliphatic heterocycles. The van der Waals surface area contributed by atoms with Crippen LogP contribution in [0.2, 0.25) is 5.02 Å². The molecule has 2 rings (SSSR count). The molecule has 2 N–H and O–H groups in total. The number of nitrogens with two attached hydrogens (primary N) is 1. The Kier molecular flexibility index (Phi) is 4.28. The van der Waals surface area contributed by atoms with Crippen molar-refractivity contribution in [2.45, 2.75) is 19.7 Å². The van der Waals surface area contributed by atoms with Gasteiger partial charge in [-0.05, 0) is 18.2 Å². The van der Waals surface area contributed by atoms with Crippen LogP contribution < -0.4 is 10.5 Å². The second-order valence-electron chi connectivity index (χ2n) is 3.74. The van der Waals surface area contributed by atoms with Crippen LogP contribution in [-0.2, 0) is 13.1 Å². The van der Waals surface area contributed by atoms with Gasteiger partial charge in [-0.15, -0.1) is 5.10 Å². The zero-order valence-electron chi connectivity index (χ0n) is 9.76. The lowest BCUT2D eigenvalue weighted by molar-refractivity contribution is -0.0505. The van der Waals surface area contributed by atoms with E-state index in [1.54, 1.807) is 12.3 Å². The van der Waals surface area contributed by atoms with Crippen molar-refractivity contribution >= 4 is 11.6 Å². The first-order valence-corrected chi connectivity index (χ1v) is 5.78. The van der Waals surface area contributed by atoms with Crippen LogP contribution in [0, 0.1) is 0 Å². The summed E-state index contributed by atoms with van der Waals surface area (Å²) >= 11 is 5.84. The summed E-state index contributed by atoms with van der Waals surface area (Å²) in [5.41, 5.74) is 6.51. The number of hydrogen-bond donors (Lipinski definition) is 1. The Morgan fingerprint density at radius 1 is 1.42 bits per heavy atom. The SMILES string of the molecule is NCc1cn(Cc2cc(Cl)ccc2OC(F)F)nn1. The van der Waals surface area contributed by atoms with E-state index >= 15 is 0 Å². The van der Waals surface area contributed by atoms with Crippen LogP contribution in [0.25, 0.3) is 0 Å². The molecule has 0 radical (unpaired) electrons. The summed E-state index contributed by atoms with van der Waals surface area (Å²) in [4.78, 5) is 0. The normalized spacial score (nSPS) is 11.0. The number of nitrogens with zero attached hydrogens (tertiary/aromatic N) is 3. The summed E-state index contributed by atoms with van der Waals surface area (Å²) in [5.74, 6) is 0.0594. The number of ether oxygens (including phenoxy) is 1. The van der Waals surface area contributed by atoms with Gasteiger partial charge in [0, 0.05) is 17.1 Å². The van der Waals surface area contributed by atoms with E-state index in [-0.39, 0.29) is 18.8 Å². The van der Waals surface area contributed by atoms with Gasteiger partial charge in [0.25, 0.3) is 0 Å². The average molecular weight is 289 g/mol. The van der Waals surface area contributed by atoms with Crippen molar-refractivity contribution in [1.82, 2.24) is 15.0 Å². The molecule has 1 aromatic heterocycles. The van der Waals surface area contributed by atoms with E-state index in [0.29, 0.717) is 16.3 Å². The molecule has 0 bridgehead atoms. The largest absolute Gasteiger partial charge is 0.434 e. The van der Waals surface area contributed by atoms with Crippen LogP contribution in [0.1, 0.15) is 11.3 Å². The Balaban J connectivity index is 2.24. The van der Waals surface area contributed by atoms with E-state index in [4.69, 9.17) is 17.3 Å². The molecule has 8 heteroatoms. The monoisotopic (exact) mass is 288 g/mol. The Morgan fingerprint density at radius 3 is 2.84 bits per heavy atom. The number of alkyl halides is 2. The molecule has 1 aromatic carbocycles. The van der Waals surface area contributed by atoms with Crippen molar-refractivity contribution in [1.29, 1.82) is 0 Å². The minimum atomic E-state index is -2.89. The van der Waals surface area contributed by atoms with Crippen molar-refractivity contribution in [2.75, 3.05) is 0 Å². The van der Waals surface area contributed by atoms with Crippen molar-refractivity contribution < 1.29 is 13.5 Å². The van der Waals surface area contributed by atoms with Crippen LogP contribution in [-0.4, -0.2) is 21.6 Å². The van der Waals surface area contributed by atoms with Gasteiger partial charge in [0.2, 0.25) is 0 Å². The first-order valence-electron chi connectivity index (χ1n) is 5.41. The summed E-state index contributed by atoms with van der Waals surface area (Å²) in [7, 11) is 0. The highest BCUT2D eigenvalue weighted by Crippen LogP contribution is 2.25. The number of rotatable bonds is 5. The van der Waals surface area contributed by atoms with Gasteiger partial charge >= 0.3 is 6.61 Å². The van der Waals surface area contributed by atoms with Crippen molar-refractivity contribution in [3.8, 4) is 5.75 Å². The van der Waals surface area contributed by atoms with Crippen LogP contribution in [0.4, 0.5) is 8.78 Å². The molecule has 0 unspecified atom stereocenters. The molecule has 1 heterocycles. The van der Waals surface area contributed by atoms with Gasteiger partial charge in [-0.1, -0.05) is 16.8 Å². The Labute approximate surface area is 112 Å². The van der Waals surface area contributed by atoms with E-state index in [1.807, 2.05) is 0 Å². The summed E-state index contributed by atoms with van der Waals surface area (Å²) in [6.45, 7) is -2.42. The lowest BCUT2D eigenvalue weighted by Gasteiger charge is -2.10. The summed E-state index contributed by atoms with van der Waals surface area (Å²) in [5, 5.41) is 8.07. The van der Waals surface area contributed by atoms with Gasteiger partial charge in [-0.2, -0.15) is 8.78 Å². The zero-order chi connectivity index (χ0) is 13.8. The fourth-order valence-corrected chi connectivity index (χ4v) is 1.76. The zero-order valence-corrected chi connectivity index (χ0v) is 10.5. The maximum atomic E-state index is 12.3. The molecular weight excluding hydrogens is 278 g/mol. The average Bonchev–Trinajstić information content (AvgIpc) is 2.80.